The summed E-state index contributed by atoms with van der Waals surface area (Å²) >= 11 is 0. The highest BCUT2D eigenvalue weighted by Crippen LogP contribution is 2.17. The zero-order valence-corrected chi connectivity index (χ0v) is 15.5. The summed E-state index contributed by atoms with van der Waals surface area (Å²) in [6.07, 6.45) is 3.41. The zero-order valence-electron chi connectivity index (χ0n) is 15.5. The minimum Gasteiger partial charge on any atom is -0.379 e. The fourth-order valence-corrected chi connectivity index (χ4v) is 3.10. The van der Waals surface area contributed by atoms with Gasteiger partial charge in [0.2, 0.25) is 5.91 Å². The number of morpholine rings is 1. The van der Waals surface area contributed by atoms with Crippen LogP contribution in [0.4, 0.5) is 0 Å². The third kappa shape index (κ3) is 5.63. The van der Waals surface area contributed by atoms with Crippen LogP contribution in [0.2, 0.25) is 0 Å². The fourth-order valence-electron chi connectivity index (χ4n) is 3.10. The molecule has 0 bridgehead atoms. The molecule has 2 saturated heterocycles. The van der Waals surface area contributed by atoms with Gasteiger partial charge in [-0.15, -0.1) is 0 Å². The number of carbonyl (C=O) groups is 1. The Morgan fingerprint density at radius 2 is 2.04 bits per heavy atom. The number of carbonyl (C=O) groups excluding carboxylic acids is 1. The molecule has 24 heavy (non-hydrogen) atoms. The molecule has 2 aliphatic rings. The Labute approximate surface area is 146 Å². The Kier molecular flexibility index (Phi) is 7.78. The first-order valence-electron chi connectivity index (χ1n) is 9.17. The number of nitrogens with one attached hydrogen (secondary N) is 1. The van der Waals surface area contributed by atoms with E-state index in [1.165, 1.54) is 0 Å². The SMILES string of the molecule is CCCCNC(=NCC(=O)N(C)C)N1CCC(N2CCOCC2)C1. The van der Waals surface area contributed by atoms with Gasteiger partial charge in [0.25, 0.3) is 0 Å². The number of hydrogen-bond donors (Lipinski definition) is 1. The van der Waals surface area contributed by atoms with Gasteiger partial charge in [0.15, 0.2) is 5.96 Å². The van der Waals surface area contributed by atoms with Crippen molar-refractivity contribution in [2.75, 3.05) is 66.6 Å². The number of guanidine groups is 1. The van der Waals surface area contributed by atoms with E-state index in [1.54, 1.807) is 19.0 Å². The number of likely N-dealkylation sites (N-methyl/N-ethyl adjacent to an activating group) is 1. The van der Waals surface area contributed by atoms with Crippen LogP contribution in [-0.2, 0) is 9.53 Å². The molecule has 7 heteroatoms. The average Bonchev–Trinajstić information content (AvgIpc) is 3.08. The molecule has 0 aromatic carbocycles. The lowest BCUT2D eigenvalue weighted by Crippen LogP contribution is -2.47. The number of rotatable bonds is 6. The maximum Gasteiger partial charge on any atom is 0.243 e. The topological polar surface area (TPSA) is 60.4 Å². The Bertz CT molecular complexity index is 421. The Hall–Kier alpha value is -1.34. The second-order valence-corrected chi connectivity index (χ2v) is 6.75. The third-order valence-corrected chi connectivity index (χ3v) is 4.70. The molecule has 0 aromatic rings. The molecule has 7 nitrogen and oxygen atoms in total. The smallest absolute Gasteiger partial charge is 0.243 e. The van der Waals surface area contributed by atoms with Gasteiger partial charge < -0.3 is 19.9 Å². The standard InChI is InChI=1S/C17H33N5O2/c1-4-5-7-18-17(19-13-16(23)20(2)3)22-8-6-15(14-22)21-9-11-24-12-10-21/h15H,4-14H2,1-3H3,(H,18,19). The minimum absolute atomic E-state index is 0.0358. The lowest BCUT2D eigenvalue weighted by atomic mass is 10.2. The number of unbranched alkanes of at least 4 members (excludes halogenated alkanes) is 1. The highest BCUT2D eigenvalue weighted by atomic mass is 16.5. The summed E-state index contributed by atoms with van der Waals surface area (Å²) in [5, 5.41) is 3.44. The minimum atomic E-state index is 0.0358. The summed E-state index contributed by atoms with van der Waals surface area (Å²) in [5.74, 6) is 0.920. The van der Waals surface area contributed by atoms with Gasteiger partial charge in [-0.2, -0.15) is 0 Å². The average molecular weight is 339 g/mol. The Balaban J connectivity index is 1.93. The molecule has 1 unspecified atom stereocenters. The van der Waals surface area contributed by atoms with Crippen molar-refractivity contribution in [3.8, 4) is 0 Å². The lowest BCUT2D eigenvalue weighted by molar-refractivity contribution is -0.127. The van der Waals surface area contributed by atoms with Gasteiger partial charge in [-0.05, 0) is 12.8 Å². The van der Waals surface area contributed by atoms with Crippen molar-refractivity contribution in [1.29, 1.82) is 0 Å². The summed E-state index contributed by atoms with van der Waals surface area (Å²) in [6.45, 7) is 8.99. The molecule has 2 aliphatic heterocycles. The van der Waals surface area contributed by atoms with Gasteiger partial charge >= 0.3 is 0 Å². The normalized spacial score (nSPS) is 22.7. The molecule has 0 spiro atoms. The highest BCUT2D eigenvalue weighted by molar-refractivity contribution is 5.85. The number of nitrogens with zero attached hydrogens (tertiary/aromatic N) is 4. The van der Waals surface area contributed by atoms with Crippen molar-refractivity contribution in [1.82, 2.24) is 20.0 Å². The van der Waals surface area contributed by atoms with Gasteiger partial charge in [-0.25, -0.2) is 4.99 Å². The van der Waals surface area contributed by atoms with E-state index in [0.29, 0.717) is 6.04 Å². The van der Waals surface area contributed by atoms with Gasteiger partial charge in [0.1, 0.15) is 6.54 Å². The van der Waals surface area contributed by atoms with Gasteiger partial charge in [-0.1, -0.05) is 13.3 Å². The van der Waals surface area contributed by atoms with Gasteiger partial charge in [-0.3, -0.25) is 9.69 Å². The largest absolute Gasteiger partial charge is 0.379 e. The summed E-state index contributed by atoms with van der Waals surface area (Å²) in [6, 6.07) is 0.566. The molecule has 1 amide bonds. The van der Waals surface area contributed by atoms with Crippen LogP contribution in [0.25, 0.3) is 0 Å². The van der Waals surface area contributed by atoms with E-state index in [4.69, 9.17) is 4.74 Å². The number of ether oxygens (including phenoxy) is 1. The van der Waals surface area contributed by atoms with Crippen LogP contribution in [0, 0.1) is 0 Å². The van der Waals surface area contributed by atoms with Crippen molar-refractivity contribution >= 4 is 11.9 Å². The molecule has 138 valence electrons. The molecular weight excluding hydrogens is 306 g/mol. The van der Waals surface area contributed by atoms with Crippen molar-refractivity contribution < 1.29 is 9.53 Å². The summed E-state index contributed by atoms with van der Waals surface area (Å²) in [7, 11) is 3.54. The van der Waals surface area contributed by atoms with Crippen LogP contribution >= 0.6 is 0 Å². The maximum atomic E-state index is 11.9. The van der Waals surface area contributed by atoms with E-state index in [0.717, 1.165) is 71.2 Å². The van der Waals surface area contributed by atoms with Crippen LogP contribution < -0.4 is 5.32 Å². The first kappa shape index (κ1) is 19.0. The number of amides is 1. The van der Waals surface area contributed by atoms with Crippen molar-refractivity contribution in [2.24, 2.45) is 4.99 Å². The summed E-state index contributed by atoms with van der Waals surface area (Å²) < 4.78 is 5.45. The number of aliphatic imine (C=N–C) groups is 1. The summed E-state index contributed by atoms with van der Waals surface area (Å²) in [4.78, 5) is 22.9. The van der Waals surface area contributed by atoms with Crippen LogP contribution in [-0.4, -0.2) is 99.2 Å². The van der Waals surface area contributed by atoms with Crippen molar-refractivity contribution in [2.45, 2.75) is 32.2 Å². The van der Waals surface area contributed by atoms with E-state index in [9.17, 15) is 4.79 Å². The molecule has 1 N–H and O–H groups in total. The molecule has 0 aromatic heterocycles. The molecule has 2 fully saturated rings. The predicted molar refractivity (Wildman–Crippen MR) is 96.3 cm³/mol. The zero-order chi connectivity index (χ0) is 17.4. The first-order chi connectivity index (χ1) is 11.6. The van der Waals surface area contributed by atoms with E-state index in [2.05, 4.69) is 27.0 Å². The van der Waals surface area contributed by atoms with Gasteiger partial charge in [0, 0.05) is 52.9 Å². The quantitative estimate of drug-likeness (QED) is 0.426. The second kappa shape index (κ2) is 9.84. The third-order valence-electron chi connectivity index (χ3n) is 4.70. The molecule has 0 saturated carbocycles. The van der Waals surface area contributed by atoms with E-state index >= 15 is 0 Å². The molecule has 0 aliphatic carbocycles. The van der Waals surface area contributed by atoms with Crippen LogP contribution in [0.5, 0.6) is 0 Å². The maximum absolute atomic E-state index is 11.9. The van der Waals surface area contributed by atoms with Crippen molar-refractivity contribution in [3.63, 3.8) is 0 Å². The summed E-state index contributed by atoms with van der Waals surface area (Å²) in [5.41, 5.74) is 0. The van der Waals surface area contributed by atoms with Crippen molar-refractivity contribution in [3.05, 3.63) is 0 Å². The fraction of sp³-hybridized carbons (Fsp3) is 0.882. The van der Waals surface area contributed by atoms with E-state index in [1.807, 2.05) is 0 Å². The molecule has 1 atom stereocenters. The Morgan fingerprint density at radius 3 is 2.71 bits per heavy atom. The molecular formula is C17H33N5O2. The van der Waals surface area contributed by atoms with Crippen LogP contribution in [0.1, 0.15) is 26.2 Å². The second-order valence-electron chi connectivity index (χ2n) is 6.75. The first-order valence-corrected chi connectivity index (χ1v) is 9.17. The number of likely N-dealkylation sites (tertiary alicyclic amines) is 1. The number of hydrogen-bond acceptors (Lipinski definition) is 4. The molecule has 0 radical (unpaired) electrons. The lowest BCUT2D eigenvalue weighted by Gasteiger charge is -2.32. The highest BCUT2D eigenvalue weighted by Gasteiger charge is 2.30. The predicted octanol–water partition coefficient (Wildman–Crippen LogP) is 0.227. The molecule has 2 rings (SSSR count). The van der Waals surface area contributed by atoms with E-state index in [-0.39, 0.29) is 12.5 Å². The Morgan fingerprint density at radius 1 is 1.29 bits per heavy atom. The monoisotopic (exact) mass is 339 g/mol. The van der Waals surface area contributed by atoms with E-state index < -0.39 is 0 Å². The van der Waals surface area contributed by atoms with Crippen LogP contribution in [0.15, 0.2) is 4.99 Å². The van der Waals surface area contributed by atoms with Crippen LogP contribution in [0.3, 0.4) is 0 Å². The van der Waals surface area contributed by atoms with Gasteiger partial charge in [0.05, 0.1) is 13.2 Å². The molecule has 2 heterocycles.